The van der Waals surface area contributed by atoms with Gasteiger partial charge in [-0.1, -0.05) is 42.0 Å². The largest absolute Gasteiger partial charge is 0.367 e. The molecule has 3 aromatic rings. The van der Waals surface area contributed by atoms with Gasteiger partial charge < -0.3 is 21.1 Å². The number of hydrogen-bond acceptors (Lipinski definition) is 5. The van der Waals surface area contributed by atoms with Crippen LogP contribution < -0.4 is 11.1 Å². The van der Waals surface area contributed by atoms with Crippen LogP contribution in [0.3, 0.4) is 0 Å². The molecule has 0 aliphatic carbocycles. The predicted molar refractivity (Wildman–Crippen MR) is 137 cm³/mol. The van der Waals surface area contributed by atoms with Crippen molar-refractivity contribution in [2.75, 3.05) is 25.0 Å². The third-order valence-corrected chi connectivity index (χ3v) is 7.08. The molecule has 7 nitrogen and oxygen atoms in total. The number of rotatable bonds is 6. The van der Waals surface area contributed by atoms with Crippen molar-refractivity contribution >= 4 is 17.3 Å². The molecular formula is C28H29F2N5O2. The maximum atomic E-state index is 14.8. The number of anilines is 1. The molecule has 2 aliphatic heterocycles. The summed E-state index contributed by atoms with van der Waals surface area (Å²) < 4.78 is 31.2. The van der Waals surface area contributed by atoms with Crippen LogP contribution in [0.25, 0.3) is 5.57 Å². The van der Waals surface area contributed by atoms with E-state index in [-0.39, 0.29) is 17.3 Å². The Bertz CT molecular complexity index is 1360. The molecule has 1 aromatic heterocycles. The summed E-state index contributed by atoms with van der Waals surface area (Å²) in [4.78, 5) is 18.0. The molecule has 0 radical (unpaired) electrons. The van der Waals surface area contributed by atoms with Gasteiger partial charge >= 0.3 is 0 Å². The summed E-state index contributed by atoms with van der Waals surface area (Å²) in [7, 11) is 0. The summed E-state index contributed by atoms with van der Waals surface area (Å²) in [6, 6.07) is 13.0. The van der Waals surface area contributed by atoms with Gasteiger partial charge in [-0.3, -0.25) is 9.36 Å². The first kappa shape index (κ1) is 24.9. The van der Waals surface area contributed by atoms with Crippen LogP contribution >= 0.6 is 0 Å². The summed E-state index contributed by atoms with van der Waals surface area (Å²) >= 11 is 0. The molecule has 0 saturated carbocycles. The molecule has 2 aromatic carbocycles. The quantitative estimate of drug-likeness (QED) is 0.466. The molecule has 2 aliphatic rings. The monoisotopic (exact) mass is 505 g/mol. The number of imidazole rings is 1. The minimum absolute atomic E-state index is 0.0763. The van der Waals surface area contributed by atoms with Crippen LogP contribution in [0.1, 0.15) is 47.8 Å². The number of nitrogens with one attached hydrogen (secondary N) is 1. The summed E-state index contributed by atoms with van der Waals surface area (Å²) in [5, 5.41) is 14.5. The number of halogens is 2. The van der Waals surface area contributed by atoms with Crippen LogP contribution in [-0.2, 0) is 5.72 Å². The van der Waals surface area contributed by atoms with Gasteiger partial charge in [0.25, 0.3) is 5.91 Å². The van der Waals surface area contributed by atoms with Crippen LogP contribution in [0, 0.1) is 11.6 Å². The van der Waals surface area contributed by atoms with E-state index >= 15 is 0 Å². The molecule has 192 valence electrons. The van der Waals surface area contributed by atoms with E-state index in [9.17, 15) is 18.7 Å². The SMILES string of the molecule is CC1=CC(O)(CCN2CCC(=C(c3ccccc3F)c3ccccc3F)CC2)n2cnc(C(N)=O)c2N1. The lowest BCUT2D eigenvalue weighted by Gasteiger charge is -2.36. The lowest BCUT2D eigenvalue weighted by molar-refractivity contribution is -0.00554. The van der Waals surface area contributed by atoms with Crippen molar-refractivity contribution < 1.29 is 18.7 Å². The minimum atomic E-state index is -1.37. The highest BCUT2D eigenvalue weighted by atomic mass is 19.1. The second-order valence-corrected chi connectivity index (χ2v) is 9.54. The van der Waals surface area contributed by atoms with Gasteiger partial charge in [0.15, 0.2) is 11.4 Å². The number of amides is 1. The Morgan fingerprint density at radius 1 is 1.08 bits per heavy atom. The smallest absolute Gasteiger partial charge is 0.271 e. The van der Waals surface area contributed by atoms with Crippen LogP contribution in [0.4, 0.5) is 14.6 Å². The second kappa shape index (κ2) is 9.91. The molecule has 1 atom stereocenters. The van der Waals surface area contributed by atoms with E-state index in [0.717, 1.165) is 5.57 Å². The van der Waals surface area contributed by atoms with Gasteiger partial charge in [0.2, 0.25) is 0 Å². The summed E-state index contributed by atoms with van der Waals surface area (Å²) in [6.07, 6.45) is 4.78. The van der Waals surface area contributed by atoms with Crippen molar-refractivity contribution in [3.05, 3.63) is 101 Å². The van der Waals surface area contributed by atoms with Crippen molar-refractivity contribution in [3.63, 3.8) is 0 Å². The van der Waals surface area contributed by atoms with E-state index in [4.69, 9.17) is 5.73 Å². The average molecular weight is 506 g/mol. The Kier molecular flexibility index (Phi) is 6.66. The van der Waals surface area contributed by atoms with Crippen LogP contribution in [0.5, 0.6) is 0 Å². The highest BCUT2D eigenvalue weighted by Gasteiger charge is 2.35. The molecule has 1 fully saturated rings. The zero-order valence-corrected chi connectivity index (χ0v) is 20.5. The van der Waals surface area contributed by atoms with Crippen LogP contribution in [0.2, 0.25) is 0 Å². The van der Waals surface area contributed by atoms with E-state index < -0.39 is 11.6 Å². The van der Waals surface area contributed by atoms with Crippen molar-refractivity contribution in [3.8, 4) is 0 Å². The molecule has 1 unspecified atom stereocenters. The maximum Gasteiger partial charge on any atom is 0.271 e. The molecular weight excluding hydrogens is 476 g/mol. The zero-order chi connectivity index (χ0) is 26.2. The molecule has 0 bridgehead atoms. The molecule has 1 saturated heterocycles. The Morgan fingerprint density at radius 2 is 1.68 bits per heavy atom. The number of benzene rings is 2. The van der Waals surface area contributed by atoms with Gasteiger partial charge in [-0.25, -0.2) is 13.8 Å². The lowest BCUT2D eigenvalue weighted by atomic mass is 9.87. The molecule has 9 heteroatoms. The van der Waals surface area contributed by atoms with Crippen LogP contribution in [0.15, 0.2) is 72.2 Å². The first-order chi connectivity index (χ1) is 17.8. The Balaban J connectivity index is 1.36. The fraction of sp³-hybridized carbons (Fsp3) is 0.286. The van der Waals surface area contributed by atoms with E-state index in [1.54, 1.807) is 49.4 Å². The maximum absolute atomic E-state index is 14.8. The van der Waals surface area contributed by atoms with Gasteiger partial charge in [0.1, 0.15) is 17.5 Å². The van der Waals surface area contributed by atoms with Gasteiger partial charge in [0.05, 0.1) is 6.33 Å². The Hall–Kier alpha value is -3.82. The number of hydrogen-bond donors (Lipinski definition) is 3. The first-order valence-corrected chi connectivity index (χ1v) is 12.3. The number of nitrogens with zero attached hydrogens (tertiary/aromatic N) is 3. The number of allylic oxidation sites excluding steroid dienone is 1. The third kappa shape index (κ3) is 4.80. The number of nitrogens with two attached hydrogens (primary N) is 1. The zero-order valence-electron chi connectivity index (χ0n) is 20.5. The molecule has 5 rings (SSSR count). The number of primary amides is 1. The number of aliphatic hydroxyl groups is 1. The number of likely N-dealkylation sites (tertiary alicyclic amines) is 1. The summed E-state index contributed by atoms with van der Waals surface area (Å²) in [6.45, 7) is 3.74. The summed E-state index contributed by atoms with van der Waals surface area (Å²) in [5.41, 5.74) is 7.26. The minimum Gasteiger partial charge on any atom is -0.367 e. The molecule has 3 heterocycles. The highest BCUT2D eigenvalue weighted by Crippen LogP contribution is 2.36. The van der Waals surface area contributed by atoms with E-state index in [2.05, 4.69) is 15.2 Å². The number of aromatic nitrogens is 2. The van der Waals surface area contributed by atoms with Gasteiger partial charge in [0, 0.05) is 42.9 Å². The van der Waals surface area contributed by atoms with Crippen LogP contribution in [-0.4, -0.2) is 45.1 Å². The first-order valence-electron chi connectivity index (χ1n) is 12.3. The van der Waals surface area contributed by atoms with E-state index in [0.29, 0.717) is 67.1 Å². The van der Waals surface area contributed by atoms with Crippen molar-refractivity contribution in [1.29, 1.82) is 0 Å². The highest BCUT2D eigenvalue weighted by molar-refractivity contribution is 5.96. The van der Waals surface area contributed by atoms with Crippen molar-refractivity contribution in [2.45, 2.75) is 31.9 Å². The summed E-state index contributed by atoms with van der Waals surface area (Å²) in [5.74, 6) is -1.05. The number of carbonyl (C=O) groups is 1. The number of carbonyl (C=O) groups excluding carboxylic acids is 1. The molecule has 37 heavy (non-hydrogen) atoms. The fourth-order valence-electron chi connectivity index (χ4n) is 5.25. The van der Waals surface area contributed by atoms with E-state index in [1.807, 2.05) is 0 Å². The van der Waals surface area contributed by atoms with E-state index in [1.165, 1.54) is 23.0 Å². The van der Waals surface area contributed by atoms with Gasteiger partial charge in [-0.2, -0.15) is 0 Å². The van der Waals surface area contributed by atoms with Gasteiger partial charge in [-0.15, -0.1) is 0 Å². The lowest BCUT2D eigenvalue weighted by Crippen LogP contribution is -2.41. The Labute approximate surface area is 213 Å². The second-order valence-electron chi connectivity index (χ2n) is 9.54. The number of piperidine rings is 1. The molecule has 4 N–H and O–H groups in total. The molecule has 0 spiro atoms. The number of fused-ring (bicyclic) bond motifs is 1. The van der Waals surface area contributed by atoms with Crippen molar-refractivity contribution in [2.24, 2.45) is 5.73 Å². The fourth-order valence-corrected chi connectivity index (χ4v) is 5.25. The van der Waals surface area contributed by atoms with Crippen molar-refractivity contribution in [1.82, 2.24) is 14.5 Å². The normalized spacial score (nSPS) is 19.7. The molecule has 1 amide bonds. The predicted octanol–water partition coefficient (Wildman–Crippen LogP) is 4.22. The standard InChI is InChI=1S/C28H29F2N5O2/c1-18-16-28(37,35-17-32-25(26(31)36)27(35)33-18)12-15-34-13-10-19(11-14-34)24(20-6-2-4-8-22(20)29)21-7-3-5-9-23(21)30/h2-9,16-17,33,37H,10-15H2,1H3,(H2,31,36). The third-order valence-electron chi connectivity index (χ3n) is 7.08. The van der Waals surface area contributed by atoms with Gasteiger partial charge in [-0.05, 0) is 43.5 Å². The topological polar surface area (TPSA) is 96.4 Å². The average Bonchev–Trinajstić information content (AvgIpc) is 3.31. The Morgan fingerprint density at radius 3 is 2.24 bits per heavy atom.